The number of fused-ring (bicyclic) bond motifs is 2. The number of carbonyl (C=O) groups is 1. The SMILES string of the molecule is CO[C@@H]1[C@@H](n2cc(-c3cccc(F)c3)nn2)[C@H]2OC(c3ccccc3)OC[C@H]2O[C@H]1C(=O)N[C@@H]1CCC[C@H](n2cc3c(F)cccc3n2)[C@H]1O. The molecule has 3 aromatic carbocycles. The van der Waals surface area contributed by atoms with Crippen molar-refractivity contribution in [1.82, 2.24) is 30.1 Å². The number of aromatic nitrogens is 5. The third kappa shape index (κ3) is 6.07. The van der Waals surface area contributed by atoms with Crippen LogP contribution in [0, 0.1) is 11.6 Å². The maximum Gasteiger partial charge on any atom is 0.252 e. The summed E-state index contributed by atoms with van der Waals surface area (Å²) in [6, 6.07) is 18.4. The van der Waals surface area contributed by atoms with Gasteiger partial charge in [-0.1, -0.05) is 53.7 Å². The summed E-state index contributed by atoms with van der Waals surface area (Å²) in [6.07, 6.45) is -0.0607. The van der Waals surface area contributed by atoms with Crippen LogP contribution in [0.1, 0.15) is 43.2 Å². The molecule has 0 radical (unpaired) electrons. The maximum absolute atomic E-state index is 14.4. The quantitative estimate of drug-likeness (QED) is 0.257. The van der Waals surface area contributed by atoms with Gasteiger partial charge in [-0.25, -0.2) is 13.5 Å². The number of carbonyl (C=O) groups excluding carboxylic acids is 1. The first kappa shape index (κ1) is 32.6. The van der Waals surface area contributed by atoms with E-state index in [2.05, 4.69) is 20.7 Å². The summed E-state index contributed by atoms with van der Waals surface area (Å²) in [5, 5.41) is 28.1. The van der Waals surface area contributed by atoms with E-state index in [1.807, 2.05) is 30.3 Å². The molecule has 8 rings (SSSR count). The minimum atomic E-state index is -1.15. The molecule has 2 aromatic heterocycles. The summed E-state index contributed by atoms with van der Waals surface area (Å²) in [6.45, 7) is 0.115. The van der Waals surface area contributed by atoms with Crippen LogP contribution in [0.4, 0.5) is 8.78 Å². The lowest BCUT2D eigenvalue weighted by molar-refractivity contribution is -0.314. The molecular weight excluding hydrogens is 650 g/mol. The molecule has 0 spiro atoms. The first-order chi connectivity index (χ1) is 24.4. The van der Waals surface area contributed by atoms with Crippen molar-refractivity contribution >= 4 is 16.8 Å². The molecule has 3 fully saturated rings. The largest absolute Gasteiger partial charge is 0.389 e. The molecule has 3 aliphatic rings. The van der Waals surface area contributed by atoms with Gasteiger partial charge in [0.2, 0.25) is 0 Å². The summed E-state index contributed by atoms with van der Waals surface area (Å²) in [4.78, 5) is 14.1. The highest BCUT2D eigenvalue weighted by Gasteiger charge is 2.54. The minimum Gasteiger partial charge on any atom is -0.389 e. The van der Waals surface area contributed by atoms with Crippen LogP contribution in [0.2, 0.25) is 0 Å². The molecule has 1 saturated carbocycles. The van der Waals surface area contributed by atoms with Gasteiger partial charge in [-0.05, 0) is 43.5 Å². The molecule has 4 heterocycles. The lowest BCUT2D eigenvalue weighted by Gasteiger charge is -2.48. The smallest absolute Gasteiger partial charge is 0.252 e. The van der Waals surface area contributed by atoms with Gasteiger partial charge >= 0.3 is 0 Å². The fourth-order valence-electron chi connectivity index (χ4n) is 7.42. The van der Waals surface area contributed by atoms with E-state index >= 15 is 0 Å². The lowest BCUT2D eigenvalue weighted by Crippen LogP contribution is -2.64. The van der Waals surface area contributed by atoms with Crippen LogP contribution in [0.3, 0.4) is 0 Å². The van der Waals surface area contributed by atoms with Crippen molar-refractivity contribution in [2.24, 2.45) is 0 Å². The van der Waals surface area contributed by atoms with Gasteiger partial charge in [0.15, 0.2) is 12.4 Å². The molecule has 2 aliphatic heterocycles. The van der Waals surface area contributed by atoms with Crippen molar-refractivity contribution in [3.05, 3.63) is 102 Å². The van der Waals surface area contributed by atoms with E-state index in [0.717, 1.165) is 5.56 Å². The zero-order valence-electron chi connectivity index (χ0n) is 27.1. The number of aliphatic hydroxyl groups is 1. The van der Waals surface area contributed by atoms with Gasteiger partial charge in [0.1, 0.15) is 41.7 Å². The molecule has 2 saturated heterocycles. The van der Waals surface area contributed by atoms with Crippen LogP contribution < -0.4 is 5.32 Å². The second kappa shape index (κ2) is 13.6. The van der Waals surface area contributed by atoms with E-state index < -0.39 is 72.5 Å². The van der Waals surface area contributed by atoms with Crippen molar-refractivity contribution in [1.29, 1.82) is 0 Å². The summed E-state index contributed by atoms with van der Waals surface area (Å²) in [7, 11) is 1.48. The number of nitrogens with one attached hydrogen (secondary N) is 1. The predicted octanol–water partition coefficient (Wildman–Crippen LogP) is 4.28. The number of benzene rings is 3. The standard InChI is InChI=1S/C36H36F2N6O6/c1-47-33-30(44-18-27(40-42-44)21-10-5-11-22(37)16-21)32-29(19-48-36(50-32)20-8-3-2-4-9-20)49-34(33)35(46)39-26-14-7-15-28(31(26)45)43-17-23-24(38)12-6-13-25(23)41-43/h2-6,8-13,16-18,26,28-34,36,45H,7,14-15,19H2,1H3,(H,39,46)/t26-,28+,29-,30+,31+,32+,33-,34-,36?/m1/s1. The zero-order valence-corrected chi connectivity index (χ0v) is 27.1. The van der Waals surface area contributed by atoms with Crippen molar-refractivity contribution in [2.45, 2.75) is 74.2 Å². The third-order valence-electron chi connectivity index (χ3n) is 9.89. The number of hydrogen-bond acceptors (Lipinski definition) is 9. The van der Waals surface area contributed by atoms with Gasteiger partial charge in [0.05, 0.1) is 41.9 Å². The van der Waals surface area contributed by atoms with Gasteiger partial charge in [-0.3, -0.25) is 9.48 Å². The van der Waals surface area contributed by atoms with E-state index in [-0.39, 0.29) is 6.61 Å². The highest BCUT2D eigenvalue weighted by molar-refractivity contribution is 5.82. The predicted molar refractivity (Wildman–Crippen MR) is 174 cm³/mol. The summed E-state index contributed by atoms with van der Waals surface area (Å²) in [5.74, 6) is -1.29. The number of aliphatic hydroxyl groups excluding tert-OH is 1. The Morgan fingerprint density at radius 2 is 1.84 bits per heavy atom. The molecule has 1 aliphatic carbocycles. The summed E-state index contributed by atoms with van der Waals surface area (Å²) in [5.41, 5.74) is 2.26. The van der Waals surface area contributed by atoms with E-state index in [9.17, 15) is 18.7 Å². The third-order valence-corrected chi connectivity index (χ3v) is 9.89. The molecule has 14 heteroatoms. The van der Waals surface area contributed by atoms with Crippen molar-refractivity contribution < 1.29 is 37.6 Å². The van der Waals surface area contributed by atoms with Gasteiger partial charge < -0.3 is 29.4 Å². The molecule has 1 unspecified atom stereocenters. The van der Waals surface area contributed by atoms with Crippen molar-refractivity contribution in [2.75, 3.05) is 13.7 Å². The van der Waals surface area contributed by atoms with Gasteiger partial charge in [-0.15, -0.1) is 5.10 Å². The molecular formula is C36H36F2N6O6. The average Bonchev–Trinajstić information content (AvgIpc) is 3.81. The number of amides is 1. The Hall–Kier alpha value is -4.60. The Bertz CT molecular complexity index is 1970. The Morgan fingerprint density at radius 3 is 2.64 bits per heavy atom. The van der Waals surface area contributed by atoms with Crippen LogP contribution in [-0.4, -0.2) is 86.1 Å². The highest BCUT2D eigenvalue weighted by atomic mass is 19.1. The Balaban J connectivity index is 1.07. The summed E-state index contributed by atoms with van der Waals surface area (Å²) >= 11 is 0. The Labute approximate surface area is 285 Å². The Kier molecular flexibility index (Phi) is 8.87. The molecule has 0 bridgehead atoms. The van der Waals surface area contributed by atoms with Crippen molar-refractivity contribution in [3.63, 3.8) is 0 Å². The maximum atomic E-state index is 14.4. The normalized spacial score (nSPS) is 29.8. The average molecular weight is 687 g/mol. The highest BCUT2D eigenvalue weighted by Crippen LogP contribution is 2.41. The molecule has 5 aromatic rings. The number of hydrogen-bond donors (Lipinski definition) is 2. The number of methoxy groups -OCH3 is 1. The number of nitrogens with zero attached hydrogens (tertiary/aromatic N) is 5. The molecule has 260 valence electrons. The van der Waals surface area contributed by atoms with Crippen LogP contribution in [-0.2, 0) is 23.7 Å². The van der Waals surface area contributed by atoms with E-state index in [0.29, 0.717) is 41.4 Å². The summed E-state index contributed by atoms with van der Waals surface area (Å²) < 4.78 is 56.7. The van der Waals surface area contributed by atoms with Crippen LogP contribution in [0.5, 0.6) is 0 Å². The second-order valence-corrected chi connectivity index (χ2v) is 12.9. The monoisotopic (exact) mass is 686 g/mol. The fraction of sp³-hybridized carbons (Fsp3) is 0.389. The zero-order chi connectivity index (χ0) is 34.4. The molecule has 50 heavy (non-hydrogen) atoms. The molecule has 1 amide bonds. The molecule has 2 N–H and O–H groups in total. The van der Waals surface area contributed by atoms with Crippen LogP contribution in [0.25, 0.3) is 22.2 Å². The van der Waals surface area contributed by atoms with Crippen LogP contribution in [0.15, 0.2) is 85.2 Å². The van der Waals surface area contributed by atoms with Gasteiger partial charge in [-0.2, -0.15) is 5.10 Å². The number of ether oxygens (including phenoxy) is 4. The van der Waals surface area contributed by atoms with E-state index in [1.54, 1.807) is 46.0 Å². The second-order valence-electron chi connectivity index (χ2n) is 12.9. The molecule has 9 atom stereocenters. The minimum absolute atomic E-state index is 0.115. The lowest BCUT2D eigenvalue weighted by atomic mass is 9.87. The molecule has 12 nitrogen and oxygen atoms in total. The van der Waals surface area contributed by atoms with Crippen molar-refractivity contribution in [3.8, 4) is 11.3 Å². The van der Waals surface area contributed by atoms with Crippen LogP contribution >= 0.6 is 0 Å². The first-order valence-electron chi connectivity index (χ1n) is 16.7. The van der Waals surface area contributed by atoms with E-state index in [4.69, 9.17) is 18.9 Å². The van der Waals surface area contributed by atoms with Gasteiger partial charge in [0, 0.05) is 24.4 Å². The topological polar surface area (TPSA) is 135 Å². The van der Waals surface area contributed by atoms with E-state index in [1.165, 1.54) is 25.3 Å². The number of rotatable bonds is 7. The van der Waals surface area contributed by atoms with Gasteiger partial charge in [0.25, 0.3) is 5.91 Å². The Morgan fingerprint density at radius 1 is 1.00 bits per heavy atom. The number of halogens is 2. The first-order valence-corrected chi connectivity index (χ1v) is 16.7. The fourth-order valence-corrected chi connectivity index (χ4v) is 7.42.